The van der Waals surface area contributed by atoms with Crippen LogP contribution in [0.1, 0.15) is 16.1 Å². The molecule has 7 heteroatoms. The van der Waals surface area contributed by atoms with E-state index in [9.17, 15) is 9.18 Å². The van der Waals surface area contributed by atoms with Gasteiger partial charge in [-0.15, -0.1) is 0 Å². The van der Waals surface area contributed by atoms with Crippen LogP contribution in [0.5, 0.6) is 0 Å². The van der Waals surface area contributed by atoms with Crippen molar-refractivity contribution in [2.75, 3.05) is 10.6 Å². The highest BCUT2D eigenvalue weighted by molar-refractivity contribution is 6.02. The summed E-state index contributed by atoms with van der Waals surface area (Å²) in [7, 11) is 0. The fraction of sp³-hybridized carbons (Fsp3) is 0.0588. The Morgan fingerprint density at radius 3 is 2.71 bits per heavy atom. The Kier molecular flexibility index (Phi) is 4.71. The van der Waals surface area contributed by atoms with Gasteiger partial charge in [0.1, 0.15) is 11.5 Å². The van der Waals surface area contributed by atoms with E-state index in [-0.39, 0.29) is 5.69 Å². The molecule has 0 saturated heterocycles. The van der Waals surface area contributed by atoms with E-state index in [4.69, 9.17) is 0 Å². The van der Waals surface area contributed by atoms with Gasteiger partial charge in [-0.25, -0.2) is 14.4 Å². The highest BCUT2D eigenvalue weighted by Gasteiger charge is 2.09. The number of benzene rings is 1. The van der Waals surface area contributed by atoms with Gasteiger partial charge in [-0.3, -0.25) is 9.78 Å². The molecule has 0 aliphatic rings. The average Bonchev–Trinajstić information content (AvgIpc) is 2.61. The highest BCUT2D eigenvalue weighted by atomic mass is 19.1. The zero-order chi connectivity index (χ0) is 16.8. The third-order valence-electron chi connectivity index (χ3n) is 3.17. The second kappa shape index (κ2) is 7.28. The van der Waals surface area contributed by atoms with Crippen LogP contribution >= 0.6 is 0 Å². The van der Waals surface area contributed by atoms with E-state index in [1.165, 1.54) is 30.5 Å². The minimum absolute atomic E-state index is 0.187. The van der Waals surface area contributed by atoms with E-state index in [0.29, 0.717) is 18.2 Å². The molecule has 1 aromatic carbocycles. The monoisotopic (exact) mass is 323 g/mol. The summed E-state index contributed by atoms with van der Waals surface area (Å²) in [6.45, 7) is 0.511. The molecular formula is C17H14FN5O. The summed E-state index contributed by atoms with van der Waals surface area (Å²) in [6.07, 6.45) is 4.88. The Morgan fingerprint density at radius 1 is 1.08 bits per heavy atom. The van der Waals surface area contributed by atoms with Gasteiger partial charge in [0.2, 0.25) is 5.95 Å². The lowest BCUT2D eigenvalue weighted by atomic mass is 10.3. The molecule has 2 heterocycles. The molecule has 2 aromatic heterocycles. The van der Waals surface area contributed by atoms with Gasteiger partial charge >= 0.3 is 0 Å². The molecule has 1 amide bonds. The topological polar surface area (TPSA) is 79.8 Å². The summed E-state index contributed by atoms with van der Waals surface area (Å²) in [5.41, 5.74) is 1.57. The van der Waals surface area contributed by atoms with Crippen molar-refractivity contribution >= 4 is 17.5 Å². The third kappa shape index (κ3) is 4.10. The number of carbonyl (C=O) groups is 1. The molecule has 0 aliphatic carbocycles. The van der Waals surface area contributed by atoms with Gasteiger partial charge in [0.05, 0.1) is 0 Å². The maximum absolute atomic E-state index is 13.2. The number of anilines is 2. The first-order valence-corrected chi connectivity index (χ1v) is 7.23. The van der Waals surface area contributed by atoms with E-state index in [0.717, 1.165) is 5.56 Å². The van der Waals surface area contributed by atoms with Crippen molar-refractivity contribution in [1.82, 2.24) is 15.0 Å². The van der Waals surface area contributed by atoms with Crippen LogP contribution in [-0.4, -0.2) is 20.9 Å². The first-order chi connectivity index (χ1) is 11.7. The molecule has 0 unspecified atom stereocenters. The van der Waals surface area contributed by atoms with Crippen LogP contribution in [0.4, 0.5) is 16.0 Å². The quantitative estimate of drug-likeness (QED) is 0.755. The van der Waals surface area contributed by atoms with Crippen molar-refractivity contribution in [3.8, 4) is 0 Å². The molecule has 120 valence electrons. The van der Waals surface area contributed by atoms with Crippen molar-refractivity contribution in [3.05, 3.63) is 78.1 Å². The first-order valence-electron chi connectivity index (χ1n) is 7.23. The predicted octanol–water partition coefficient (Wildman–Crippen LogP) is 2.88. The van der Waals surface area contributed by atoms with Crippen molar-refractivity contribution in [2.45, 2.75) is 6.54 Å². The molecule has 0 aliphatic heterocycles. The number of halogens is 1. The summed E-state index contributed by atoms with van der Waals surface area (Å²) in [5.74, 6) is -0.524. The van der Waals surface area contributed by atoms with Gasteiger partial charge in [0, 0.05) is 30.8 Å². The van der Waals surface area contributed by atoms with E-state index in [1.54, 1.807) is 18.5 Å². The summed E-state index contributed by atoms with van der Waals surface area (Å²) in [5, 5.41) is 5.63. The number of amides is 1. The second-order valence-electron chi connectivity index (χ2n) is 4.94. The number of aromatic nitrogens is 3. The van der Waals surface area contributed by atoms with Gasteiger partial charge in [0.25, 0.3) is 5.91 Å². The predicted molar refractivity (Wildman–Crippen MR) is 87.9 cm³/mol. The molecule has 0 atom stereocenters. The zero-order valence-electron chi connectivity index (χ0n) is 12.6. The largest absolute Gasteiger partial charge is 0.350 e. The standard InChI is InChI=1S/C17H14FN5O/c18-13-2-1-3-14(10-13)22-16(24)15-6-9-20-17(23-15)21-11-12-4-7-19-8-5-12/h1-10H,11H2,(H,22,24)(H,20,21,23). The molecule has 0 fully saturated rings. The van der Waals surface area contributed by atoms with Crippen LogP contribution in [0, 0.1) is 5.82 Å². The Labute approximate surface area is 137 Å². The molecule has 24 heavy (non-hydrogen) atoms. The summed E-state index contributed by atoms with van der Waals surface area (Å²) in [6, 6.07) is 10.9. The number of carbonyl (C=O) groups excluding carboxylic acids is 1. The summed E-state index contributed by atoms with van der Waals surface area (Å²) >= 11 is 0. The lowest BCUT2D eigenvalue weighted by molar-refractivity contribution is 0.102. The lowest BCUT2D eigenvalue weighted by Gasteiger charge is -2.07. The number of hydrogen-bond donors (Lipinski definition) is 2. The van der Waals surface area contributed by atoms with Crippen molar-refractivity contribution < 1.29 is 9.18 Å². The van der Waals surface area contributed by atoms with Crippen LogP contribution < -0.4 is 10.6 Å². The Hall–Kier alpha value is -3.35. The van der Waals surface area contributed by atoms with Crippen LogP contribution in [-0.2, 0) is 6.54 Å². The number of nitrogens with one attached hydrogen (secondary N) is 2. The summed E-state index contributed by atoms with van der Waals surface area (Å²) in [4.78, 5) is 24.4. The van der Waals surface area contributed by atoms with Crippen LogP contribution in [0.15, 0.2) is 61.1 Å². The Morgan fingerprint density at radius 2 is 1.92 bits per heavy atom. The fourth-order valence-corrected chi connectivity index (χ4v) is 2.01. The van der Waals surface area contributed by atoms with E-state index in [1.807, 2.05) is 12.1 Å². The molecule has 0 saturated carbocycles. The number of pyridine rings is 1. The lowest BCUT2D eigenvalue weighted by Crippen LogP contribution is -2.15. The van der Waals surface area contributed by atoms with Crippen LogP contribution in [0.3, 0.4) is 0 Å². The number of rotatable bonds is 5. The second-order valence-corrected chi connectivity index (χ2v) is 4.94. The molecule has 3 rings (SSSR count). The van der Waals surface area contributed by atoms with E-state index < -0.39 is 11.7 Å². The highest BCUT2D eigenvalue weighted by Crippen LogP contribution is 2.11. The maximum Gasteiger partial charge on any atom is 0.274 e. The average molecular weight is 323 g/mol. The normalized spacial score (nSPS) is 10.2. The molecule has 0 radical (unpaired) electrons. The van der Waals surface area contributed by atoms with Crippen molar-refractivity contribution in [3.63, 3.8) is 0 Å². The smallest absolute Gasteiger partial charge is 0.274 e. The van der Waals surface area contributed by atoms with Gasteiger partial charge in [0.15, 0.2) is 0 Å². The fourth-order valence-electron chi connectivity index (χ4n) is 2.01. The molecule has 0 spiro atoms. The number of hydrogen-bond acceptors (Lipinski definition) is 5. The minimum Gasteiger partial charge on any atom is -0.350 e. The summed E-state index contributed by atoms with van der Waals surface area (Å²) < 4.78 is 13.2. The molecular weight excluding hydrogens is 309 g/mol. The van der Waals surface area contributed by atoms with E-state index in [2.05, 4.69) is 25.6 Å². The maximum atomic E-state index is 13.2. The molecule has 2 N–H and O–H groups in total. The third-order valence-corrected chi connectivity index (χ3v) is 3.17. The van der Waals surface area contributed by atoms with Gasteiger partial charge in [-0.2, -0.15) is 0 Å². The van der Waals surface area contributed by atoms with Crippen LogP contribution in [0.25, 0.3) is 0 Å². The first kappa shape index (κ1) is 15.5. The van der Waals surface area contributed by atoms with Crippen LogP contribution in [0.2, 0.25) is 0 Å². The van der Waals surface area contributed by atoms with Gasteiger partial charge in [-0.1, -0.05) is 6.07 Å². The zero-order valence-corrected chi connectivity index (χ0v) is 12.6. The number of nitrogens with zero attached hydrogens (tertiary/aromatic N) is 3. The van der Waals surface area contributed by atoms with Crippen molar-refractivity contribution in [1.29, 1.82) is 0 Å². The van der Waals surface area contributed by atoms with E-state index >= 15 is 0 Å². The van der Waals surface area contributed by atoms with Gasteiger partial charge in [-0.05, 0) is 42.0 Å². The Bertz CT molecular complexity index is 841. The molecule has 6 nitrogen and oxygen atoms in total. The van der Waals surface area contributed by atoms with Crippen molar-refractivity contribution in [2.24, 2.45) is 0 Å². The Balaban J connectivity index is 1.67. The van der Waals surface area contributed by atoms with Gasteiger partial charge < -0.3 is 10.6 Å². The molecule has 3 aromatic rings. The molecule has 0 bridgehead atoms. The SMILES string of the molecule is O=C(Nc1cccc(F)c1)c1ccnc(NCc2ccncc2)n1. The minimum atomic E-state index is -0.435.